The van der Waals surface area contributed by atoms with Gasteiger partial charge in [0.1, 0.15) is 11.5 Å². The Kier molecular flexibility index (Phi) is 5.01. The molecule has 0 aliphatic carbocycles. The molecule has 0 saturated carbocycles. The first-order valence-electron chi connectivity index (χ1n) is 6.44. The van der Waals surface area contributed by atoms with Crippen molar-refractivity contribution in [3.63, 3.8) is 0 Å². The molecule has 0 aliphatic heterocycles. The summed E-state index contributed by atoms with van der Waals surface area (Å²) >= 11 is 0. The number of furan rings is 1. The smallest absolute Gasteiger partial charge is 0.290 e. The van der Waals surface area contributed by atoms with Crippen molar-refractivity contribution in [3.05, 3.63) is 48.2 Å². The molecule has 4 nitrogen and oxygen atoms in total. The zero-order valence-corrected chi connectivity index (χ0v) is 11.0. The summed E-state index contributed by atoms with van der Waals surface area (Å²) in [5.41, 5.74) is 0. The first kappa shape index (κ1) is 13.6. The van der Waals surface area contributed by atoms with Crippen LogP contribution in [0.15, 0.2) is 46.9 Å². The molecule has 1 heterocycles. The second-order valence-electron chi connectivity index (χ2n) is 4.45. The van der Waals surface area contributed by atoms with E-state index in [9.17, 15) is 0 Å². The third-order valence-electron chi connectivity index (χ3n) is 2.64. The molecule has 1 aromatic carbocycles. The first-order chi connectivity index (χ1) is 9.24. The molecule has 0 fully saturated rings. The maximum atomic E-state index is 9.13. The van der Waals surface area contributed by atoms with Gasteiger partial charge in [-0.1, -0.05) is 18.2 Å². The Morgan fingerprint density at radius 1 is 1.21 bits per heavy atom. The molecule has 0 bridgehead atoms. The highest BCUT2D eigenvalue weighted by Crippen LogP contribution is 2.23. The molecule has 0 spiro atoms. The van der Waals surface area contributed by atoms with Crippen LogP contribution in [0.3, 0.4) is 0 Å². The summed E-state index contributed by atoms with van der Waals surface area (Å²) in [6.07, 6.45) is 0.453. The van der Waals surface area contributed by atoms with Crippen LogP contribution in [-0.4, -0.2) is 17.8 Å². The van der Waals surface area contributed by atoms with E-state index < -0.39 is 0 Å². The van der Waals surface area contributed by atoms with Gasteiger partial charge in [0.2, 0.25) is 0 Å². The van der Waals surface area contributed by atoms with Crippen LogP contribution in [0.5, 0.6) is 11.7 Å². The topological polar surface area (TPSA) is 54.6 Å². The molecule has 0 amide bonds. The summed E-state index contributed by atoms with van der Waals surface area (Å²) in [7, 11) is 0. The lowest BCUT2D eigenvalue weighted by Gasteiger charge is -2.04. The predicted molar refractivity (Wildman–Crippen MR) is 73.2 cm³/mol. The number of para-hydroxylation sites is 1. The van der Waals surface area contributed by atoms with Gasteiger partial charge in [-0.2, -0.15) is 0 Å². The van der Waals surface area contributed by atoms with E-state index in [1.165, 1.54) is 0 Å². The summed E-state index contributed by atoms with van der Waals surface area (Å²) in [5.74, 6) is 2.06. The minimum atomic E-state index is -0.277. The lowest BCUT2D eigenvalue weighted by Crippen LogP contribution is -2.18. The minimum Gasteiger partial charge on any atom is -0.429 e. The zero-order valence-electron chi connectivity index (χ0n) is 11.0. The first-order valence-corrected chi connectivity index (χ1v) is 6.44. The van der Waals surface area contributed by atoms with Crippen molar-refractivity contribution in [3.8, 4) is 11.7 Å². The Morgan fingerprint density at radius 2 is 2.00 bits per heavy atom. The van der Waals surface area contributed by atoms with Crippen LogP contribution < -0.4 is 10.1 Å². The maximum Gasteiger partial charge on any atom is 0.290 e. The van der Waals surface area contributed by atoms with Crippen LogP contribution in [0.4, 0.5) is 0 Å². The molecule has 102 valence electrons. The minimum absolute atomic E-state index is 0.277. The summed E-state index contributed by atoms with van der Waals surface area (Å²) in [6.45, 7) is 3.17. The number of rotatable bonds is 7. The average molecular weight is 261 g/mol. The SMILES string of the molecule is CC(O)CCNCc1ccc(Oc2ccccc2)o1. The van der Waals surface area contributed by atoms with Gasteiger partial charge in [-0.05, 0) is 38.1 Å². The number of ether oxygens (including phenoxy) is 1. The van der Waals surface area contributed by atoms with E-state index in [1.54, 1.807) is 13.0 Å². The van der Waals surface area contributed by atoms with Gasteiger partial charge < -0.3 is 19.6 Å². The van der Waals surface area contributed by atoms with Crippen molar-refractivity contribution in [2.24, 2.45) is 0 Å². The molecule has 2 rings (SSSR count). The van der Waals surface area contributed by atoms with Gasteiger partial charge in [-0.15, -0.1) is 0 Å². The molecule has 1 atom stereocenters. The molecule has 2 aromatic rings. The molecular formula is C15H19NO3. The fourth-order valence-electron chi connectivity index (χ4n) is 1.64. The van der Waals surface area contributed by atoms with E-state index >= 15 is 0 Å². The van der Waals surface area contributed by atoms with Crippen LogP contribution in [-0.2, 0) is 6.54 Å². The van der Waals surface area contributed by atoms with Gasteiger partial charge in [0.05, 0.1) is 12.6 Å². The molecule has 1 unspecified atom stereocenters. The Balaban J connectivity index is 1.79. The Labute approximate surface area is 113 Å². The maximum absolute atomic E-state index is 9.13. The second kappa shape index (κ2) is 6.97. The number of benzene rings is 1. The van der Waals surface area contributed by atoms with E-state index in [1.807, 2.05) is 36.4 Å². The van der Waals surface area contributed by atoms with E-state index in [0.717, 1.165) is 24.5 Å². The third-order valence-corrected chi connectivity index (χ3v) is 2.64. The van der Waals surface area contributed by atoms with Crippen molar-refractivity contribution >= 4 is 0 Å². The van der Waals surface area contributed by atoms with E-state index in [-0.39, 0.29) is 6.10 Å². The predicted octanol–water partition coefficient (Wildman–Crippen LogP) is 2.93. The van der Waals surface area contributed by atoms with Gasteiger partial charge in [0.25, 0.3) is 5.95 Å². The highest BCUT2D eigenvalue weighted by molar-refractivity contribution is 5.26. The molecule has 0 aliphatic rings. The molecule has 0 radical (unpaired) electrons. The van der Waals surface area contributed by atoms with Crippen molar-refractivity contribution < 1.29 is 14.3 Å². The quantitative estimate of drug-likeness (QED) is 0.752. The fraction of sp³-hybridized carbons (Fsp3) is 0.333. The Hall–Kier alpha value is -1.78. The summed E-state index contributed by atoms with van der Waals surface area (Å²) in [5, 5.41) is 12.3. The van der Waals surface area contributed by atoms with Crippen molar-refractivity contribution in [2.75, 3.05) is 6.54 Å². The van der Waals surface area contributed by atoms with Crippen LogP contribution in [0, 0.1) is 0 Å². The average Bonchev–Trinajstić information content (AvgIpc) is 2.83. The number of nitrogens with one attached hydrogen (secondary N) is 1. The fourth-order valence-corrected chi connectivity index (χ4v) is 1.64. The lowest BCUT2D eigenvalue weighted by molar-refractivity contribution is 0.183. The zero-order chi connectivity index (χ0) is 13.5. The third kappa shape index (κ3) is 4.77. The van der Waals surface area contributed by atoms with Crippen molar-refractivity contribution in [1.29, 1.82) is 0 Å². The summed E-state index contributed by atoms with van der Waals surface area (Å²) in [6, 6.07) is 13.2. The highest BCUT2D eigenvalue weighted by atomic mass is 16.6. The van der Waals surface area contributed by atoms with Gasteiger partial charge in [-0.25, -0.2) is 0 Å². The molecule has 19 heavy (non-hydrogen) atoms. The van der Waals surface area contributed by atoms with Gasteiger partial charge >= 0.3 is 0 Å². The summed E-state index contributed by atoms with van der Waals surface area (Å²) < 4.78 is 11.1. The van der Waals surface area contributed by atoms with Gasteiger partial charge in [0, 0.05) is 6.07 Å². The normalized spacial score (nSPS) is 12.3. The van der Waals surface area contributed by atoms with E-state index in [0.29, 0.717) is 12.5 Å². The van der Waals surface area contributed by atoms with Crippen LogP contribution in [0.25, 0.3) is 0 Å². The van der Waals surface area contributed by atoms with Crippen molar-refractivity contribution in [1.82, 2.24) is 5.32 Å². The van der Waals surface area contributed by atoms with Gasteiger partial charge in [-0.3, -0.25) is 0 Å². The summed E-state index contributed by atoms with van der Waals surface area (Å²) in [4.78, 5) is 0. The van der Waals surface area contributed by atoms with Crippen LogP contribution >= 0.6 is 0 Å². The van der Waals surface area contributed by atoms with Crippen LogP contribution in [0.1, 0.15) is 19.1 Å². The van der Waals surface area contributed by atoms with Crippen molar-refractivity contribution in [2.45, 2.75) is 26.0 Å². The van der Waals surface area contributed by atoms with Crippen LogP contribution in [0.2, 0.25) is 0 Å². The van der Waals surface area contributed by atoms with Gasteiger partial charge in [0.15, 0.2) is 0 Å². The highest BCUT2D eigenvalue weighted by Gasteiger charge is 2.04. The molecule has 1 aromatic heterocycles. The Bertz CT molecular complexity index is 479. The lowest BCUT2D eigenvalue weighted by atomic mass is 10.3. The molecular weight excluding hydrogens is 242 g/mol. The monoisotopic (exact) mass is 261 g/mol. The molecule has 4 heteroatoms. The standard InChI is InChI=1S/C15H19NO3/c1-12(17)9-10-16-11-14-7-8-15(19-14)18-13-5-3-2-4-6-13/h2-8,12,16-17H,9-11H2,1H3. The molecule has 2 N–H and O–H groups in total. The largest absolute Gasteiger partial charge is 0.429 e. The number of hydrogen-bond acceptors (Lipinski definition) is 4. The van der Waals surface area contributed by atoms with E-state index in [4.69, 9.17) is 14.3 Å². The number of aliphatic hydroxyl groups is 1. The number of hydrogen-bond donors (Lipinski definition) is 2. The molecule has 0 saturated heterocycles. The second-order valence-corrected chi connectivity index (χ2v) is 4.45. The Morgan fingerprint density at radius 3 is 2.74 bits per heavy atom. The number of aliphatic hydroxyl groups excluding tert-OH is 1. The van der Waals surface area contributed by atoms with E-state index in [2.05, 4.69) is 5.32 Å².